The molecule has 180 valence electrons. The zero-order valence-corrected chi connectivity index (χ0v) is 20.0. The third-order valence-corrected chi connectivity index (χ3v) is 6.13. The third-order valence-electron chi connectivity index (χ3n) is 6.13. The lowest BCUT2D eigenvalue weighted by Gasteiger charge is -2.26. The molecular formula is C28H27NO6. The van der Waals surface area contributed by atoms with Crippen molar-refractivity contribution in [3.05, 3.63) is 89.0 Å². The number of rotatable bonds is 6. The first kappa shape index (κ1) is 23.9. The highest BCUT2D eigenvalue weighted by Crippen LogP contribution is 2.44. The summed E-state index contributed by atoms with van der Waals surface area (Å²) < 4.78 is 10.6. The van der Waals surface area contributed by atoms with Crippen LogP contribution in [0, 0.1) is 0 Å². The molecular weight excluding hydrogens is 446 g/mol. The average molecular weight is 474 g/mol. The van der Waals surface area contributed by atoms with Crippen LogP contribution in [0.3, 0.4) is 0 Å². The molecule has 7 heteroatoms. The first-order valence-electron chi connectivity index (χ1n) is 11.2. The third kappa shape index (κ3) is 4.33. The number of Topliss-reactive ketones (excluding diaryl/α,β-unsaturated/α-hetero) is 1. The monoisotopic (exact) mass is 473 g/mol. The second-order valence-electron chi connectivity index (χ2n) is 8.58. The fourth-order valence-corrected chi connectivity index (χ4v) is 4.27. The van der Waals surface area contributed by atoms with Gasteiger partial charge in [-0.2, -0.15) is 0 Å². The summed E-state index contributed by atoms with van der Waals surface area (Å²) >= 11 is 0. The molecule has 35 heavy (non-hydrogen) atoms. The number of nitrogens with zero attached hydrogens (tertiary/aromatic N) is 1. The number of methoxy groups -OCH3 is 2. The summed E-state index contributed by atoms with van der Waals surface area (Å²) in [6, 6.07) is 17.5. The van der Waals surface area contributed by atoms with Gasteiger partial charge in [-0.3, -0.25) is 14.5 Å². The number of aliphatic hydroxyl groups is 1. The van der Waals surface area contributed by atoms with Gasteiger partial charge in [0.1, 0.15) is 23.0 Å². The second-order valence-corrected chi connectivity index (χ2v) is 8.58. The minimum absolute atomic E-state index is 0.0229. The Bertz CT molecular complexity index is 1310. The molecule has 1 fully saturated rings. The molecule has 3 aromatic carbocycles. The molecule has 1 amide bonds. The van der Waals surface area contributed by atoms with Crippen molar-refractivity contribution in [2.24, 2.45) is 0 Å². The Hall–Kier alpha value is -4.26. The normalized spacial score (nSPS) is 17.2. The minimum Gasteiger partial charge on any atom is -0.508 e. The van der Waals surface area contributed by atoms with E-state index in [9.17, 15) is 19.8 Å². The lowest BCUT2D eigenvalue weighted by atomic mass is 9.94. The number of ketones is 1. The molecule has 0 radical (unpaired) electrons. The van der Waals surface area contributed by atoms with E-state index in [1.807, 2.05) is 12.1 Å². The van der Waals surface area contributed by atoms with E-state index in [1.165, 1.54) is 31.3 Å². The molecule has 1 heterocycles. The van der Waals surface area contributed by atoms with Gasteiger partial charge in [-0.15, -0.1) is 0 Å². The Labute approximate surface area is 203 Å². The molecule has 1 atom stereocenters. The van der Waals surface area contributed by atoms with Gasteiger partial charge in [0.05, 0.1) is 31.4 Å². The number of anilines is 1. The number of phenols is 1. The molecule has 0 bridgehead atoms. The summed E-state index contributed by atoms with van der Waals surface area (Å²) in [5.41, 5.74) is 2.21. The van der Waals surface area contributed by atoms with Crippen LogP contribution >= 0.6 is 0 Å². The van der Waals surface area contributed by atoms with Crippen LogP contribution in [0.4, 0.5) is 5.69 Å². The summed E-state index contributed by atoms with van der Waals surface area (Å²) in [5.74, 6) is -0.921. The maximum absolute atomic E-state index is 13.3. The molecule has 0 aliphatic carbocycles. The molecule has 0 saturated carbocycles. The first-order chi connectivity index (χ1) is 16.8. The molecule has 2 N–H and O–H groups in total. The molecule has 1 aliphatic rings. The highest BCUT2D eigenvalue weighted by Gasteiger charge is 2.47. The molecule has 1 unspecified atom stereocenters. The van der Waals surface area contributed by atoms with Crippen molar-refractivity contribution in [2.45, 2.75) is 25.8 Å². The smallest absolute Gasteiger partial charge is 0.300 e. The van der Waals surface area contributed by atoms with Crippen molar-refractivity contribution in [1.29, 1.82) is 0 Å². The number of hydrogen-bond donors (Lipinski definition) is 2. The summed E-state index contributed by atoms with van der Waals surface area (Å²) in [6.07, 6.45) is 0. The van der Waals surface area contributed by atoms with Crippen LogP contribution in [0.15, 0.2) is 72.3 Å². The van der Waals surface area contributed by atoms with E-state index in [4.69, 9.17) is 9.47 Å². The molecule has 7 nitrogen and oxygen atoms in total. The van der Waals surface area contributed by atoms with Crippen LogP contribution in [0.2, 0.25) is 0 Å². The van der Waals surface area contributed by atoms with E-state index >= 15 is 0 Å². The number of ether oxygens (including phenoxy) is 2. The van der Waals surface area contributed by atoms with Crippen LogP contribution in [0.25, 0.3) is 5.76 Å². The molecule has 0 spiro atoms. The van der Waals surface area contributed by atoms with E-state index in [-0.39, 0.29) is 28.4 Å². The number of carbonyl (C=O) groups is 2. The predicted octanol–water partition coefficient (Wildman–Crippen LogP) is 5.16. The SMILES string of the molecule is COc1ccc(/C(O)=C2/C(=O)C(=O)N(c3ccc(C(C)C)cc3)C2c2cccc(O)c2)c(OC)c1. The summed E-state index contributed by atoms with van der Waals surface area (Å²) in [5, 5.41) is 21.5. The zero-order valence-electron chi connectivity index (χ0n) is 20.0. The molecule has 1 saturated heterocycles. The number of phenolic OH excluding ortho intramolecular Hbond substituents is 1. The maximum Gasteiger partial charge on any atom is 0.300 e. The lowest BCUT2D eigenvalue weighted by Crippen LogP contribution is -2.29. The van der Waals surface area contributed by atoms with Gasteiger partial charge < -0.3 is 19.7 Å². The number of aromatic hydroxyl groups is 1. The molecule has 4 rings (SSSR count). The first-order valence-corrected chi connectivity index (χ1v) is 11.2. The van der Waals surface area contributed by atoms with E-state index in [1.54, 1.807) is 42.5 Å². The second kappa shape index (κ2) is 9.54. The van der Waals surface area contributed by atoms with Gasteiger partial charge in [0.25, 0.3) is 11.7 Å². The Morgan fingerprint density at radius 2 is 1.66 bits per heavy atom. The van der Waals surface area contributed by atoms with E-state index in [0.29, 0.717) is 22.9 Å². The van der Waals surface area contributed by atoms with Gasteiger partial charge in [0, 0.05) is 11.8 Å². The van der Waals surface area contributed by atoms with E-state index in [0.717, 1.165) is 5.56 Å². The molecule has 3 aromatic rings. The van der Waals surface area contributed by atoms with Crippen molar-refractivity contribution in [3.8, 4) is 17.2 Å². The fourth-order valence-electron chi connectivity index (χ4n) is 4.27. The van der Waals surface area contributed by atoms with Crippen molar-refractivity contribution in [2.75, 3.05) is 19.1 Å². The quantitative estimate of drug-likeness (QED) is 0.292. The van der Waals surface area contributed by atoms with Crippen molar-refractivity contribution >= 4 is 23.1 Å². The summed E-state index contributed by atoms with van der Waals surface area (Å²) in [7, 11) is 2.94. The van der Waals surface area contributed by atoms with Crippen LogP contribution in [-0.2, 0) is 9.59 Å². The Balaban J connectivity index is 1.94. The Kier molecular flexibility index (Phi) is 6.51. The van der Waals surface area contributed by atoms with Gasteiger partial charge in [0.2, 0.25) is 0 Å². The standard InChI is InChI=1S/C28H27NO6/c1-16(2)17-8-10-19(11-9-17)29-25(18-6-5-7-20(30)14-18)24(27(32)28(29)33)26(31)22-13-12-21(34-3)15-23(22)35-4/h5-16,25,30-31H,1-4H3/b26-24-. The predicted molar refractivity (Wildman–Crippen MR) is 133 cm³/mol. The largest absolute Gasteiger partial charge is 0.508 e. The number of hydrogen-bond acceptors (Lipinski definition) is 6. The lowest BCUT2D eigenvalue weighted by molar-refractivity contribution is -0.132. The van der Waals surface area contributed by atoms with Crippen LogP contribution in [0.5, 0.6) is 17.2 Å². The number of benzene rings is 3. The van der Waals surface area contributed by atoms with Gasteiger partial charge in [-0.1, -0.05) is 38.1 Å². The van der Waals surface area contributed by atoms with Crippen molar-refractivity contribution in [1.82, 2.24) is 0 Å². The minimum atomic E-state index is -0.959. The topological polar surface area (TPSA) is 96.3 Å². The van der Waals surface area contributed by atoms with Crippen molar-refractivity contribution < 1.29 is 29.3 Å². The Morgan fingerprint density at radius 1 is 0.943 bits per heavy atom. The van der Waals surface area contributed by atoms with Crippen LogP contribution in [-0.4, -0.2) is 36.1 Å². The fraction of sp³-hybridized carbons (Fsp3) is 0.214. The van der Waals surface area contributed by atoms with Crippen LogP contribution < -0.4 is 14.4 Å². The van der Waals surface area contributed by atoms with Gasteiger partial charge in [-0.25, -0.2) is 0 Å². The van der Waals surface area contributed by atoms with Gasteiger partial charge in [0.15, 0.2) is 0 Å². The zero-order chi connectivity index (χ0) is 25.3. The Morgan fingerprint density at radius 3 is 2.26 bits per heavy atom. The number of carbonyl (C=O) groups excluding carboxylic acids is 2. The highest BCUT2D eigenvalue weighted by atomic mass is 16.5. The van der Waals surface area contributed by atoms with Gasteiger partial charge in [-0.05, 0) is 53.4 Å². The van der Waals surface area contributed by atoms with E-state index in [2.05, 4.69) is 13.8 Å². The average Bonchev–Trinajstić information content (AvgIpc) is 3.13. The van der Waals surface area contributed by atoms with Crippen molar-refractivity contribution in [3.63, 3.8) is 0 Å². The molecule has 1 aliphatic heterocycles. The van der Waals surface area contributed by atoms with Gasteiger partial charge >= 0.3 is 0 Å². The van der Waals surface area contributed by atoms with Crippen LogP contribution in [0.1, 0.15) is 42.5 Å². The van der Waals surface area contributed by atoms with E-state index < -0.39 is 17.7 Å². The maximum atomic E-state index is 13.3. The number of aliphatic hydroxyl groups excluding tert-OH is 1. The highest BCUT2D eigenvalue weighted by molar-refractivity contribution is 6.51. The molecule has 0 aromatic heterocycles. The summed E-state index contributed by atoms with van der Waals surface area (Å²) in [4.78, 5) is 28.0. The summed E-state index contributed by atoms with van der Waals surface area (Å²) in [6.45, 7) is 4.13. The number of amides is 1.